The molecule has 0 aromatic carbocycles. The van der Waals surface area contributed by atoms with Crippen LogP contribution in [0.4, 0.5) is 0 Å². The van der Waals surface area contributed by atoms with E-state index in [1.807, 2.05) is 6.92 Å². The predicted octanol–water partition coefficient (Wildman–Crippen LogP) is -0.299. The molecule has 1 aliphatic heterocycles. The lowest BCUT2D eigenvalue weighted by Gasteiger charge is -2.20. The van der Waals surface area contributed by atoms with E-state index in [2.05, 4.69) is 5.32 Å². The first-order valence-corrected chi connectivity index (χ1v) is 5.19. The van der Waals surface area contributed by atoms with E-state index >= 15 is 0 Å². The van der Waals surface area contributed by atoms with Gasteiger partial charge in [0.05, 0.1) is 6.04 Å². The van der Waals surface area contributed by atoms with Gasteiger partial charge in [-0.3, -0.25) is 9.59 Å². The van der Waals surface area contributed by atoms with Gasteiger partial charge < -0.3 is 15.0 Å². The first-order valence-electron chi connectivity index (χ1n) is 5.19. The summed E-state index contributed by atoms with van der Waals surface area (Å²) >= 11 is 0. The van der Waals surface area contributed by atoms with Crippen molar-refractivity contribution in [3.8, 4) is 0 Å². The minimum atomic E-state index is -0.438. The zero-order valence-electron chi connectivity index (χ0n) is 8.81. The first-order chi connectivity index (χ1) is 7.22. The molecule has 2 atom stereocenters. The monoisotopic (exact) mass is 212 g/mol. The van der Waals surface area contributed by atoms with E-state index in [-0.39, 0.29) is 5.91 Å². The smallest absolute Gasteiger partial charge is 0.243 e. The van der Waals surface area contributed by atoms with Crippen molar-refractivity contribution in [2.24, 2.45) is 0 Å². The zero-order valence-corrected chi connectivity index (χ0v) is 8.81. The molecule has 84 valence electrons. The highest BCUT2D eigenvalue weighted by atomic mass is 16.2. The third-order valence-corrected chi connectivity index (χ3v) is 2.66. The third kappa shape index (κ3) is 2.78. The summed E-state index contributed by atoms with van der Waals surface area (Å²) in [5.74, 6) is -0.224. The average molecular weight is 212 g/mol. The lowest BCUT2D eigenvalue weighted by atomic mass is 10.2. The van der Waals surface area contributed by atoms with Crippen molar-refractivity contribution in [2.75, 3.05) is 6.54 Å². The molecule has 2 amide bonds. The van der Waals surface area contributed by atoms with Gasteiger partial charge >= 0.3 is 0 Å². The molecule has 1 saturated heterocycles. The molecule has 5 heteroatoms. The Balaban J connectivity index is 2.52. The summed E-state index contributed by atoms with van der Waals surface area (Å²) in [7, 11) is 0. The Labute approximate surface area is 88.8 Å². The Morgan fingerprint density at radius 3 is 2.87 bits per heavy atom. The Bertz CT molecular complexity index is 255. The summed E-state index contributed by atoms with van der Waals surface area (Å²) in [5.41, 5.74) is 0. The third-order valence-electron chi connectivity index (χ3n) is 2.66. The van der Waals surface area contributed by atoms with Crippen molar-refractivity contribution in [3.05, 3.63) is 0 Å². The fourth-order valence-corrected chi connectivity index (χ4v) is 1.71. The first kappa shape index (κ1) is 11.7. The maximum absolute atomic E-state index is 11.7. The fraction of sp³-hybridized carbons (Fsp3) is 0.700. The van der Waals surface area contributed by atoms with Crippen LogP contribution in [0.25, 0.3) is 0 Å². The summed E-state index contributed by atoms with van der Waals surface area (Å²) in [4.78, 5) is 34.3. The molecule has 0 saturated carbocycles. The molecule has 0 aromatic heterocycles. The lowest BCUT2D eigenvalue weighted by Crippen LogP contribution is -2.46. The molecule has 2 unspecified atom stereocenters. The van der Waals surface area contributed by atoms with Crippen LogP contribution in [0.3, 0.4) is 0 Å². The molecular weight excluding hydrogens is 196 g/mol. The number of likely N-dealkylation sites (tertiary alicyclic amines) is 1. The molecule has 0 aromatic rings. The van der Waals surface area contributed by atoms with Gasteiger partial charge in [-0.25, -0.2) is 0 Å². The molecule has 1 N–H and O–H groups in total. The van der Waals surface area contributed by atoms with Crippen LogP contribution in [0.1, 0.15) is 26.2 Å². The molecule has 15 heavy (non-hydrogen) atoms. The van der Waals surface area contributed by atoms with Crippen molar-refractivity contribution >= 4 is 18.6 Å². The Morgan fingerprint density at radius 1 is 1.60 bits per heavy atom. The van der Waals surface area contributed by atoms with Gasteiger partial charge in [-0.1, -0.05) is 6.92 Å². The summed E-state index contributed by atoms with van der Waals surface area (Å²) in [6.45, 7) is 2.45. The number of aldehydes is 1. The number of hydrogen-bond acceptors (Lipinski definition) is 3. The standard InChI is InChI=1S/C10H16N2O3/c1-2-8(6-13)11-10(15)9-4-3-5-12(9)7-14/h6-9H,2-5H2,1H3,(H,11,15). The largest absolute Gasteiger partial charge is 0.345 e. The number of amides is 2. The van der Waals surface area contributed by atoms with Crippen LogP contribution < -0.4 is 5.32 Å². The molecule has 0 bridgehead atoms. The quantitative estimate of drug-likeness (QED) is 0.636. The maximum Gasteiger partial charge on any atom is 0.243 e. The second-order valence-corrected chi connectivity index (χ2v) is 3.66. The van der Waals surface area contributed by atoms with Crippen molar-refractivity contribution in [3.63, 3.8) is 0 Å². The molecule has 1 heterocycles. The maximum atomic E-state index is 11.7. The molecule has 0 spiro atoms. The Morgan fingerprint density at radius 2 is 2.33 bits per heavy atom. The number of nitrogens with zero attached hydrogens (tertiary/aromatic N) is 1. The second-order valence-electron chi connectivity index (χ2n) is 3.66. The second kappa shape index (κ2) is 5.48. The van der Waals surface area contributed by atoms with Gasteiger partial charge in [0, 0.05) is 6.54 Å². The number of carbonyl (C=O) groups is 3. The highest BCUT2D eigenvalue weighted by Crippen LogP contribution is 2.15. The van der Waals surface area contributed by atoms with Gasteiger partial charge in [-0.15, -0.1) is 0 Å². The van der Waals surface area contributed by atoms with Gasteiger partial charge in [0.15, 0.2) is 0 Å². The number of hydrogen-bond donors (Lipinski definition) is 1. The topological polar surface area (TPSA) is 66.5 Å². The minimum Gasteiger partial charge on any atom is -0.345 e. The summed E-state index contributed by atoms with van der Waals surface area (Å²) in [6, 6.07) is -0.830. The number of rotatable bonds is 5. The van der Waals surface area contributed by atoms with Crippen LogP contribution >= 0.6 is 0 Å². The summed E-state index contributed by atoms with van der Waals surface area (Å²) in [5, 5.41) is 2.62. The van der Waals surface area contributed by atoms with Gasteiger partial charge in [0.1, 0.15) is 12.3 Å². The molecule has 0 aliphatic carbocycles. The van der Waals surface area contributed by atoms with Gasteiger partial charge in [-0.05, 0) is 19.3 Å². The van der Waals surface area contributed by atoms with Crippen LogP contribution in [0, 0.1) is 0 Å². The van der Waals surface area contributed by atoms with E-state index in [9.17, 15) is 14.4 Å². The summed E-state index contributed by atoms with van der Waals surface area (Å²) < 4.78 is 0. The normalized spacial score (nSPS) is 22.2. The van der Waals surface area contributed by atoms with Crippen LogP contribution in [-0.4, -0.2) is 42.1 Å². The Hall–Kier alpha value is -1.39. The van der Waals surface area contributed by atoms with Crippen molar-refractivity contribution in [1.82, 2.24) is 10.2 Å². The highest BCUT2D eigenvalue weighted by Gasteiger charge is 2.30. The van der Waals surface area contributed by atoms with E-state index < -0.39 is 12.1 Å². The van der Waals surface area contributed by atoms with Gasteiger partial charge in [0.2, 0.25) is 12.3 Å². The zero-order chi connectivity index (χ0) is 11.3. The fourth-order valence-electron chi connectivity index (χ4n) is 1.71. The van der Waals surface area contributed by atoms with E-state index in [0.717, 1.165) is 12.7 Å². The number of carbonyl (C=O) groups excluding carboxylic acids is 3. The molecule has 1 rings (SSSR count). The molecule has 1 aliphatic rings. The van der Waals surface area contributed by atoms with Crippen LogP contribution in [0.2, 0.25) is 0 Å². The van der Waals surface area contributed by atoms with Crippen molar-refractivity contribution < 1.29 is 14.4 Å². The van der Waals surface area contributed by atoms with Crippen LogP contribution in [-0.2, 0) is 14.4 Å². The van der Waals surface area contributed by atoms with E-state index in [0.29, 0.717) is 25.8 Å². The summed E-state index contributed by atoms with van der Waals surface area (Å²) in [6.07, 6.45) is 3.51. The van der Waals surface area contributed by atoms with Crippen LogP contribution in [0.15, 0.2) is 0 Å². The number of nitrogens with one attached hydrogen (secondary N) is 1. The lowest BCUT2D eigenvalue weighted by molar-refractivity contribution is -0.132. The van der Waals surface area contributed by atoms with Crippen molar-refractivity contribution in [2.45, 2.75) is 38.3 Å². The van der Waals surface area contributed by atoms with E-state index in [1.165, 1.54) is 4.90 Å². The Kier molecular flexibility index (Phi) is 4.27. The highest BCUT2D eigenvalue weighted by molar-refractivity contribution is 5.86. The molecule has 0 radical (unpaired) electrons. The van der Waals surface area contributed by atoms with Gasteiger partial charge in [0.25, 0.3) is 0 Å². The van der Waals surface area contributed by atoms with Crippen LogP contribution in [0.5, 0.6) is 0 Å². The molecule has 1 fully saturated rings. The SMILES string of the molecule is CCC(C=O)NC(=O)C1CCCN1C=O. The van der Waals surface area contributed by atoms with Gasteiger partial charge in [-0.2, -0.15) is 0 Å². The molecule has 5 nitrogen and oxygen atoms in total. The van der Waals surface area contributed by atoms with Crippen molar-refractivity contribution in [1.29, 1.82) is 0 Å². The molecular formula is C10H16N2O3. The average Bonchev–Trinajstić information content (AvgIpc) is 2.73. The predicted molar refractivity (Wildman–Crippen MR) is 54.1 cm³/mol. The van der Waals surface area contributed by atoms with E-state index in [1.54, 1.807) is 0 Å². The minimum absolute atomic E-state index is 0.224. The van der Waals surface area contributed by atoms with E-state index in [4.69, 9.17) is 0 Å².